The first-order valence-corrected chi connectivity index (χ1v) is 10.6. The predicted octanol–water partition coefficient (Wildman–Crippen LogP) is 4.00. The molecular weight excluding hydrogens is 404 g/mol. The lowest BCUT2D eigenvalue weighted by atomic mass is 10.1. The summed E-state index contributed by atoms with van der Waals surface area (Å²) in [7, 11) is 0. The number of nitrogens with one attached hydrogen (secondary N) is 1. The Bertz CT molecular complexity index is 1180. The zero-order valence-corrected chi connectivity index (χ0v) is 17.6. The van der Waals surface area contributed by atoms with Gasteiger partial charge in [0.15, 0.2) is 0 Å². The van der Waals surface area contributed by atoms with E-state index in [2.05, 4.69) is 15.2 Å². The molecule has 0 bridgehead atoms. The molecule has 4 aromatic rings. The van der Waals surface area contributed by atoms with Crippen LogP contribution in [-0.4, -0.2) is 41.6 Å². The Hall–Kier alpha value is -3.84. The van der Waals surface area contributed by atoms with Crippen molar-refractivity contribution in [1.82, 2.24) is 9.38 Å². The molecule has 32 heavy (non-hydrogen) atoms. The van der Waals surface area contributed by atoms with Gasteiger partial charge < -0.3 is 24.1 Å². The van der Waals surface area contributed by atoms with Gasteiger partial charge in [-0.3, -0.25) is 4.79 Å². The molecule has 0 radical (unpaired) electrons. The van der Waals surface area contributed by atoms with Crippen LogP contribution < -0.4 is 15.0 Å². The summed E-state index contributed by atoms with van der Waals surface area (Å²) in [4.78, 5) is 19.5. The average molecular weight is 428 g/mol. The van der Waals surface area contributed by atoms with E-state index in [9.17, 15) is 4.79 Å². The SMILES string of the molecule is O=C(Nc1cccc(OCc2cn3ccccc3n2)c1)c1ccc(N2CCOCC2)cc1. The van der Waals surface area contributed by atoms with Gasteiger partial charge in [-0.05, 0) is 48.5 Å². The fraction of sp³-hybridized carbons (Fsp3) is 0.200. The van der Waals surface area contributed by atoms with E-state index in [1.54, 1.807) is 0 Å². The van der Waals surface area contributed by atoms with Crippen LogP contribution in [0.2, 0.25) is 0 Å². The van der Waals surface area contributed by atoms with E-state index >= 15 is 0 Å². The van der Waals surface area contributed by atoms with Crippen LogP contribution in [-0.2, 0) is 11.3 Å². The molecule has 1 fully saturated rings. The van der Waals surface area contributed by atoms with E-state index < -0.39 is 0 Å². The number of pyridine rings is 1. The molecule has 1 aliphatic rings. The van der Waals surface area contributed by atoms with Crippen molar-refractivity contribution in [1.29, 1.82) is 0 Å². The van der Waals surface area contributed by atoms with Gasteiger partial charge >= 0.3 is 0 Å². The molecule has 0 unspecified atom stereocenters. The fourth-order valence-corrected chi connectivity index (χ4v) is 3.73. The highest BCUT2D eigenvalue weighted by Crippen LogP contribution is 2.21. The number of morpholine rings is 1. The summed E-state index contributed by atoms with van der Waals surface area (Å²) < 4.78 is 13.2. The predicted molar refractivity (Wildman–Crippen MR) is 123 cm³/mol. The first kappa shape index (κ1) is 20.1. The number of ether oxygens (including phenoxy) is 2. The zero-order valence-electron chi connectivity index (χ0n) is 17.6. The van der Waals surface area contributed by atoms with Crippen molar-refractivity contribution in [3.8, 4) is 5.75 Å². The maximum atomic E-state index is 12.7. The number of anilines is 2. The molecule has 2 aromatic heterocycles. The number of rotatable bonds is 6. The summed E-state index contributed by atoms with van der Waals surface area (Å²) in [6.07, 6.45) is 3.90. The summed E-state index contributed by atoms with van der Waals surface area (Å²) in [6.45, 7) is 3.55. The molecule has 1 saturated heterocycles. The molecule has 162 valence electrons. The molecular formula is C25H24N4O3. The van der Waals surface area contributed by atoms with E-state index in [1.165, 1.54) is 0 Å². The van der Waals surface area contributed by atoms with Crippen molar-refractivity contribution < 1.29 is 14.3 Å². The van der Waals surface area contributed by atoms with Crippen molar-refractivity contribution in [2.75, 3.05) is 36.5 Å². The largest absolute Gasteiger partial charge is 0.487 e. The van der Waals surface area contributed by atoms with Crippen molar-refractivity contribution >= 4 is 22.9 Å². The van der Waals surface area contributed by atoms with Gasteiger partial charge in [0.2, 0.25) is 0 Å². The van der Waals surface area contributed by atoms with Crippen LogP contribution in [0.25, 0.3) is 5.65 Å². The van der Waals surface area contributed by atoms with E-state index in [-0.39, 0.29) is 5.91 Å². The molecule has 5 rings (SSSR count). The third-order valence-electron chi connectivity index (χ3n) is 5.40. The minimum absolute atomic E-state index is 0.156. The number of carbonyl (C=O) groups is 1. The molecule has 7 heteroatoms. The van der Waals surface area contributed by atoms with Crippen LogP contribution in [0.5, 0.6) is 5.75 Å². The maximum absolute atomic E-state index is 12.7. The molecule has 1 amide bonds. The van der Waals surface area contributed by atoms with Gasteiger partial charge in [0.25, 0.3) is 5.91 Å². The van der Waals surface area contributed by atoms with Gasteiger partial charge in [-0.25, -0.2) is 4.98 Å². The number of benzene rings is 2. The van der Waals surface area contributed by atoms with Gasteiger partial charge in [0, 0.05) is 48.5 Å². The van der Waals surface area contributed by atoms with Gasteiger partial charge in [0.05, 0.1) is 18.9 Å². The number of aromatic nitrogens is 2. The van der Waals surface area contributed by atoms with Crippen LogP contribution in [0.15, 0.2) is 79.1 Å². The highest BCUT2D eigenvalue weighted by molar-refractivity contribution is 6.04. The highest BCUT2D eigenvalue weighted by Gasteiger charge is 2.12. The smallest absolute Gasteiger partial charge is 0.255 e. The summed E-state index contributed by atoms with van der Waals surface area (Å²) in [5.41, 5.74) is 4.11. The number of hydrogen-bond donors (Lipinski definition) is 1. The minimum Gasteiger partial charge on any atom is -0.487 e. The normalized spacial score (nSPS) is 13.8. The van der Waals surface area contributed by atoms with Crippen LogP contribution in [0.4, 0.5) is 11.4 Å². The van der Waals surface area contributed by atoms with Gasteiger partial charge in [-0.2, -0.15) is 0 Å². The topological polar surface area (TPSA) is 68.1 Å². The first-order chi connectivity index (χ1) is 15.7. The number of fused-ring (bicyclic) bond motifs is 1. The Morgan fingerprint density at radius 2 is 1.88 bits per heavy atom. The van der Waals surface area contributed by atoms with E-state index in [0.29, 0.717) is 23.6 Å². The molecule has 1 aliphatic heterocycles. The van der Waals surface area contributed by atoms with Crippen LogP contribution in [0, 0.1) is 0 Å². The number of nitrogens with zero attached hydrogens (tertiary/aromatic N) is 3. The lowest BCUT2D eigenvalue weighted by Gasteiger charge is -2.28. The second-order valence-electron chi connectivity index (χ2n) is 7.62. The molecule has 0 atom stereocenters. The lowest BCUT2D eigenvalue weighted by molar-refractivity contribution is 0.102. The van der Waals surface area contributed by atoms with E-state index in [0.717, 1.165) is 43.3 Å². The molecule has 2 aromatic carbocycles. The molecule has 7 nitrogen and oxygen atoms in total. The third-order valence-corrected chi connectivity index (χ3v) is 5.40. The Morgan fingerprint density at radius 3 is 2.69 bits per heavy atom. The van der Waals surface area contributed by atoms with E-state index in [4.69, 9.17) is 9.47 Å². The zero-order chi connectivity index (χ0) is 21.8. The number of amides is 1. The summed E-state index contributed by atoms with van der Waals surface area (Å²) in [5.74, 6) is 0.513. The van der Waals surface area contributed by atoms with Crippen LogP contribution in [0.3, 0.4) is 0 Å². The maximum Gasteiger partial charge on any atom is 0.255 e. The number of hydrogen-bond acceptors (Lipinski definition) is 5. The van der Waals surface area contributed by atoms with Gasteiger partial charge in [0.1, 0.15) is 18.0 Å². The fourth-order valence-electron chi connectivity index (χ4n) is 3.73. The average Bonchev–Trinajstić information content (AvgIpc) is 3.27. The Balaban J connectivity index is 1.20. The van der Waals surface area contributed by atoms with Crippen molar-refractivity contribution in [3.63, 3.8) is 0 Å². The molecule has 3 heterocycles. The molecule has 0 spiro atoms. The standard InChI is InChI=1S/C25H24N4O3/c30-25(19-7-9-22(10-8-19)28-12-14-31-15-13-28)27-20-4-3-5-23(16-20)32-18-21-17-29-11-2-1-6-24(29)26-21/h1-11,16-17H,12-15,18H2,(H,27,30). The second-order valence-corrected chi connectivity index (χ2v) is 7.62. The number of imidazole rings is 1. The van der Waals surface area contributed by atoms with Gasteiger partial charge in [-0.1, -0.05) is 12.1 Å². The van der Waals surface area contributed by atoms with Crippen molar-refractivity contribution in [2.24, 2.45) is 0 Å². The Labute approximate surface area is 186 Å². The van der Waals surface area contributed by atoms with Crippen molar-refractivity contribution in [2.45, 2.75) is 6.61 Å². The van der Waals surface area contributed by atoms with Crippen LogP contribution >= 0.6 is 0 Å². The Kier molecular flexibility index (Phi) is 5.72. The minimum atomic E-state index is -0.156. The summed E-state index contributed by atoms with van der Waals surface area (Å²) in [5, 5.41) is 2.95. The third kappa shape index (κ3) is 4.58. The molecule has 1 N–H and O–H groups in total. The monoisotopic (exact) mass is 428 g/mol. The highest BCUT2D eigenvalue weighted by atomic mass is 16.5. The second kappa shape index (κ2) is 9.11. The summed E-state index contributed by atoms with van der Waals surface area (Å²) in [6, 6.07) is 20.9. The van der Waals surface area contributed by atoms with Gasteiger partial charge in [-0.15, -0.1) is 0 Å². The Morgan fingerprint density at radius 1 is 1.03 bits per heavy atom. The quantitative estimate of drug-likeness (QED) is 0.503. The lowest BCUT2D eigenvalue weighted by Crippen LogP contribution is -2.36. The van der Waals surface area contributed by atoms with Crippen molar-refractivity contribution in [3.05, 3.63) is 90.4 Å². The molecule has 0 aliphatic carbocycles. The van der Waals surface area contributed by atoms with E-state index in [1.807, 2.05) is 83.5 Å². The first-order valence-electron chi connectivity index (χ1n) is 10.6. The summed E-state index contributed by atoms with van der Waals surface area (Å²) >= 11 is 0. The number of carbonyl (C=O) groups excluding carboxylic acids is 1. The molecule has 0 saturated carbocycles. The van der Waals surface area contributed by atoms with Crippen LogP contribution in [0.1, 0.15) is 16.1 Å².